The molecule has 0 aliphatic carbocycles. The van der Waals surface area contributed by atoms with Crippen LogP contribution in [0, 0.1) is 13.8 Å². The third-order valence-corrected chi connectivity index (χ3v) is 3.91. The van der Waals surface area contributed by atoms with E-state index in [9.17, 15) is 4.79 Å². The molecular weight excluding hydrogens is 322 g/mol. The number of anilines is 1. The second-order valence-electron chi connectivity index (χ2n) is 5.42. The van der Waals surface area contributed by atoms with Crippen molar-refractivity contribution in [2.45, 2.75) is 13.8 Å². The number of nitrogens with zero attached hydrogens (tertiary/aromatic N) is 2. The highest BCUT2D eigenvalue weighted by molar-refractivity contribution is 6.02. The molecule has 25 heavy (non-hydrogen) atoms. The summed E-state index contributed by atoms with van der Waals surface area (Å²) in [7, 11) is 6.47. The summed E-state index contributed by atoms with van der Waals surface area (Å²) >= 11 is 0. The first-order valence-corrected chi connectivity index (χ1v) is 7.71. The summed E-state index contributed by atoms with van der Waals surface area (Å²) in [5.74, 6) is 1.28. The van der Waals surface area contributed by atoms with E-state index in [1.165, 1.54) is 20.3 Å². The average Bonchev–Trinajstić information content (AvgIpc) is 2.84. The Balaban J connectivity index is 2.25. The number of hydrogen-bond acceptors (Lipinski definition) is 5. The molecule has 0 bridgehead atoms. The van der Waals surface area contributed by atoms with Gasteiger partial charge in [-0.1, -0.05) is 0 Å². The molecule has 0 radical (unpaired) electrons. The smallest absolute Gasteiger partial charge is 0.248 e. The topological polar surface area (TPSA) is 74.6 Å². The number of carbonyl (C=O) groups excluding carboxylic acids is 1. The Morgan fingerprint density at radius 1 is 1.12 bits per heavy atom. The van der Waals surface area contributed by atoms with Gasteiger partial charge in [-0.15, -0.1) is 0 Å². The predicted molar refractivity (Wildman–Crippen MR) is 96.4 cm³/mol. The van der Waals surface area contributed by atoms with Crippen LogP contribution in [0.2, 0.25) is 0 Å². The van der Waals surface area contributed by atoms with E-state index in [0.29, 0.717) is 22.8 Å². The van der Waals surface area contributed by atoms with Crippen molar-refractivity contribution in [2.75, 3.05) is 26.6 Å². The Morgan fingerprint density at radius 2 is 1.80 bits per heavy atom. The van der Waals surface area contributed by atoms with Crippen LogP contribution in [0.15, 0.2) is 18.2 Å². The lowest BCUT2D eigenvalue weighted by Crippen LogP contribution is -2.09. The number of hydrogen-bond donors (Lipinski definition) is 1. The highest BCUT2D eigenvalue weighted by Gasteiger charge is 2.15. The van der Waals surface area contributed by atoms with E-state index < -0.39 is 0 Å². The molecule has 134 valence electrons. The minimum atomic E-state index is -0.254. The molecule has 1 heterocycles. The van der Waals surface area contributed by atoms with Gasteiger partial charge >= 0.3 is 0 Å². The molecule has 0 aliphatic rings. The van der Waals surface area contributed by atoms with Crippen molar-refractivity contribution >= 4 is 17.7 Å². The molecule has 1 aromatic heterocycles. The summed E-state index contributed by atoms with van der Waals surface area (Å²) < 4.78 is 17.7. The monoisotopic (exact) mass is 345 g/mol. The molecule has 0 saturated carbocycles. The van der Waals surface area contributed by atoms with Crippen LogP contribution in [-0.2, 0) is 11.8 Å². The third-order valence-electron chi connectivity index (χ3n) is 3.91. The quantitative estimate of drug-likeness (QED) is 0.815. The van der Waals surface area contributed by atoms with Crippen molar-refractivity contribution in [2.24, 2.45) is 7.05 Å². The Labute approximate surface area is 147 Å². The zero-order chi connectivity index (χ0) is 18.6. The van der Waals surface area contributed by atoms with Gasteiger partial charge in [0.1, 0.15) is 0 Å². The number of amides is 1. The number of ether oxygens (including phenoxy) is 3. The summed E-state index contributed by atoms with van der Waals surface area (Å²) in [5.41, 5.74) is 3.08. The van der Waals surface area contributed by atoms with E-state index in [0.717, 1.165) is 17.1 Å². The number of benzene rings is 1. The molecule has 0 fully saturated rings. The molecule has 1 N–H and O–H groups in total. The van der Waals surface area contributed by atoms with Crippen molar-refractivity contribution in [3.05, 3.63) is 35.2 Å². The van der Waals surface area contributed by atoms with Gasteiger partial charge in [0.25, 0.3) is 0 Å². The summed E-state index contributed by atoms with van der Waals surface area (Å²) in [5, 5.41) is 7.13. The van der Waals surface area contributed by atoms with Crippen molar-refractivity contribution in [3.8, 4) is 17.2 Å². The summed E-state index contributed by atoms with van der Waals surface area (Å²) in [6.07, 6.45) is 3.10. The van der Waals surface area contributed by atoms with Crippen LogP contribution in [0.1, 0.15) is 17.0 Å². The highest BCUT2D eigenvalue weighted by Crippen LogP contribution is 2.40. The van der Waals surface area contributed by atoms with Crippen molar-refractivity contribution in [3.63, 3.8) is 0 Å². The van der Waals surface area contributed by atoms with Gasteiger partial charge < -0.3 is 19.5 Å². The molecule has 7 heteroatoms. The number of aromatic nitrogens is 2. The third kappa shape index (κ3) is 3.76. The van der Waals surface area contributed by atoms with Crippen LogP contribution >= 0.6 is 0 Å². The molecule has 2 rings (SSSR count). The SMILES string of the molecule is COc1ccc(/C=C/C(=O)Nc2c(C)nn(C)c2C)c(OC)c1OC. The van der Waals surface area contributed by atoms with Gasteiger partial charge in [0.05, 0.1) is 38.4 Å². The van der Waals surface area contributed by atoms with Crippen molar-refractivity contribution in [1.82, 2.24) is 9.78 Å². The maximum absolute atomic E-state index is 12.2. The van der Waals surface area contributed by atoms with E-state index in [4.69, 9.17) is 14.2 Å². The summed E-state index contributed by atoms with van der Waals surface area (Å²) in [6, 6.07) is 3.55. The van der Waals surface area contributed by atoms with Crippen LogP contribution < -0.4 is 19.5 Å². The maximum atomic E-state index is 12.2. The minimum absolute atomic E-state index is 0.254. The Kier molecular flexibility index (Phi) is 5.69. The minimum Gasteiger partial charge on any atom is -0.493 e. The van der Waals surface area contributed by atoms with Crippen molar-refractivity contribution < 1.29 is 19.0 Å². The molecule has 7 nitrogen and oxygen atoms in total. The predicted octanol–water partition coefficient (Wildman–Crippen LogP) is 2.71. The van der Waals surface area contributed by atoms with Crippen LogP contribution in [0.5, 0.6) is 17.2 Å². The van der Waals surface area contributed by atoms with Crippen LogP contribution in [0.4, 0.5) is 5.69 Å². The second-order valence-corrected chi connectivity index (χ2v) is 5.42. The second kappa shape index (κ2) is 7.74. The summed E-state index contributed by atoms with van der Waals surface area (Å²) in [6.45, 7) is 3.75. The standard InChI is InChI=1S/C18H23N3O4/c1-11-16(12(2)21(3)20-11)19-15(22)10-8-13-7-9-14(23-4)18(25-6)17(13)24-5/h7-10H,1-6H3,(H,19,22)/b10-8+. The highest BCUT2D eigenvalue weighted by atomic mass is 16.5. The van der Waals surface area contributed by atoms with E-state index in [1.54, 1.807) is 30.0 Å². The normalized spacial score (nSPS) is 10.8. The molecule has 0 atom stereocenters. The van der Waals surface area contributed by atoms with E-state index in [-0.39, 0.29) is 5.91 Å². The molecule has 0 spiro atoms. The van der Waals surface area contributed by atoms with Gasteiger partial charge in [-0.2, -0.15) is 5.10 Å². The molecule has 2 aromatic rings. The van der Waals surface area contributed by atoms with Gasteiger partial charge in [-0.3, -0.25) is 9.48 Å². The van der Waals surface area contributed by atoms with E-state index >= 15 is 0 Å². The molecule has 1 amide bonds. The molecule has 0 saturated heterocycles. The van der Waals surface area contributed by atoms with Gasteiger partial charge in [0.2, 0.25) is 11.7 Å². The maximum Gasteiger partial charge on any atom is 0.248 e. The van der Waals surface area contributed by atoms with E-state index in [2.05, 4.69) is 10.4 Å². The number of aryl methyl sites for hydroxylation is 2. The Morgan fingerprint density at radius 3 is 2.32 bits per heavy atom. The van der Waals surface area contributed by atoms with Gasteiger partial charge in [0, 0.05) is 18.7 Å². The first kappa shape index (κ1) is 18.4. The number of methoxy groups -OCH3 is 3. The zero-order valence-corrected chi connectivity index (χ0v) is 15.3. The lowest BCUT2D eigenvalue weighted by atomic mass is 10.1. The van der Waals surface area contributed by atoms with Gasteiger partial charge in [-0.25, -0.2) is 0 Å². The molecule has 0 aliphatic heterocycles. The number of rotatable bonds is 6. The largest absolute Gasteiger partial charge is 0.493 e. The Hall–Kier alpha value is -2.96. The van der Waals surface area contributed by atoms with Gasteiger partial charge in [-0.05, 0) is 32.1 Å². The van der Waals surface area contributed by atoms with E-state index in [1.807, 2.05) is 20.9 Å². The number of carbonyl (C=O) groups is 1. The fraction of sp³-hybridized carbons (Fsp3) is 0.333. The average molecular weight is 345 g/mol. The zero-order valence-electron chi connectivity index (χ0n) is 15.3. The first-order chi connectivity index (χ1) is 11.9. The lowest BCUT2D eigenvalue weighted by molar-refractivity contribution is -0.111. The Bertz CT molecular complexity index is 809. The summed E-state index contributed by atoms with van der Waals surface area (Å²) in [4.78, 5) is 12.2. The van der Waals surface area contributed by atoms with Crippen LogP contribution in [0.3, 0.4) is 0 Å². The fourth-order valence-corrected chi connectivity index (χ4v) is 2.54. The van der Waals surface area contributed by atoms with Crippen LogP contribution in [-0.4, -0.2) is 37.0 Å². The fourth-order valence-electron chi connectivity index (χ4n) is 2.54. The molecule has 1 aromatic carbocycles. The molecule has 0 unspecified atom stereocenters. The number of nitrogens with one attached hydrogen (secondary N) is 1. The van der Waals surface area contributed by atoms with Crippen LogP contribution in [0.25, 0.3) is 6.08 Å². The first-order valence-electron chi connectivity index (χ1n) is 7.71. The molecular formula is C18H23N3O4. The van der Waals surface area contributed by atoms with Crippen molar-refractivity contribution in [1.29, 1.82) is 0 Å². The van der Waals surface area contributed by atoms with Gasteiger partial charge in [0.15, 0.2) is 11.5 Å². The lowest BCUT2D eigenvalue weighted by Gasteiger charge is -2.14.